The fourth-order valence-corrected chi connectivity index (χ4v) is 6.08. The molecular weight excluding hydrogens is 462 g/mol. The first-order valence-corrected chi connectivity index (χ1v) is 12.3. The molecule has 9 heteroatoms. The second-order valence-electron chi connectivity index (χ2n) is 10.4. The van der Waals surface area contributed by atoms with Gasteiger partial charge < -0.3 is 14.5 Å². The van der Waals surface area contributed by atoms with Crippen LogP contribution < -0.4 is 9.80 Å². The van der Waals surface area contributed by atoms with E-state index in [4.69, 9.17) is 4.74 Å². The Morgan fingerprint density at radius 2 is 1.92 bits per heavy atom. The van der Waals surface area contributed by atoms with Crippen molar-refractivity contribution in [1.29, 1.82) is 5.26 Å². The molecule has 0 saturated carbocycles. The summed E-state index contributed by atoms with van der Waals surface area (Å²) >= 11 is 0. The molecule has 5 heterocycles. The van der Waals surface area contributed by atoms with Gasteiger partial charge in [-0.15, -0.1) is 0 Å². The van der Waals surface area contributed by atoms with Crippen molar-refractivity contribution in [2.24, 2.45) is 5.41 Å². The number of anilines is 2. The average Bonchev–Trinajstić information content (AvgIpc) is 2.83. The molecule has 2 aromatic heterocycles. The number of alkyl halides is 2. The van der Waals surface area contributed by atoms with Crippen molar-refractivity contribution in [3.8, 4) is 6.07 Å². The molecule has 2 unspecified atom stereocenters. The lowest BCUT2D eigenvalue weighted by atomic mass is 9.72. The van der Waals surface area contributed by atoms with E-state index in [0.29, 0.717) is 5.56 Å². The summed E-state index contributed by atoms with van der Waals surface area (Å²) < 4.78 is 32.3. The summed E-state index contributed by atoms with van der Waals surface area (Å²) in [6.45, 7) is 8.29. The van der Waals surface area contributed by atoms with Gasteiger partial charge in [0.1, 0.15) is 11.8 Å². The Hall–Kier alpha value is -3.35. The van der Waals surface area contributed by atoms with E-state index in [0.717, 1.165) is 68.1 Å². The third-order valence-corrected chi connectivity index (χ3v) is 7.52. The summed E-state index contributed by atoms with van der Waals surface area (Å²) in [4.78, 5) is 15.2. The third kappa shape index (κ3) is 4.14. The maximum absolute atomic E-state index is 13.0. The topological polar surface area (TPSA) is 68.5 Å². The van der Waals surface area contributed by atoms with E-state index < -0.39 is 6.43 Å². The predicted octanol–water partition coefficient (Wildman–Crippen LogP) is 3.85. The number of halogens is 2. The number of pyridine rings is 2. The number of benzene rings is 1. The van der Waals surface area contributed by atoms with Crippen molar-refractivity contribution in [3.05, 3.63) is 60.0 Å². The number of likely N-dealkylation sites (tertiary alicyclic amines) is 1. The van der Waals surface area contributed by atoms with E-state index in [1.165, 1.54) is 12.3 Å². The van der Waals surface area contributed by atoms with Crippen LogP contribution in [0.5, 0.6) is 0 Å². The monoisotopic (exact) mass is 490 g/mol. The number of aromatic nitrogens is 2. The van der Waals surface area contributed by atoms with Crippen LogP contribution in [0.3, 0.4) is 0 Å². The number of nitriles is 1. The molecule has 3 aromatic rings. The SMILES string of the molecule is CC1CN(c2ccc(C#N)c3ncccc23)CC(CN2CC3(C2)CN(c2ccnc(C(F)F)c2)C3)O1. The Bertz CT molecular complexity index is 1310. The summed E-state index contributed by atoms with van der Waals surface area (Å²) in [5.41, 5.74) is 3.32. The van der Waals surface area contributed by atoms with E-state index in [9.17, 15) is 14.0 Å². The minimum Gasteiger partial charge on any atom is -0.370 e. The first-order valence-electron chi connectivity index (χ1n) is 12.3. The van der Waals surface area contributed by atoms with Gasteiger partial charge in [0.2, 0.25) is 0 Å². The fraction of sp³-hybridized carbons (Fsp3) is 0.444. The van der Waals surface area contributed by atoms with Gasteiger partial charge in [0.25, 0.3) is 6.43 Å². The highest BCUT2D eigenvalue weighted by Crippen LogP contribution is 2.42. The third-order valence-electron chi connectivity index (χ3n) is 7.52. The van der Waals surface area contributed by atoms with Crippen LogP contribution >= 0.6 is 0 Å². The van der Waals surface area contributed by atoms with Gasteiger partial charge in [0, 0.05) is 80.4 Å². The van der Waals surface area contributed by atoms with E-state index in [1.54, 1.807) is 6.20 Å². The van der Waals surface area contributed by atoms with Crippen LogP contribution in [0.4, 0.5) is 20.2 Å². The quantitative estimate of drug-likeness (QED) is 0.538. The molecule has 0 radical (unpaired) electrons. The van der Waals surface area contributed by atoms with Crippen LogP contribution in [0.2, 0.25) is 0 Å². The molecule has 7 nitrogen and oxygen atoms in total. The fourth-order valence-electron chi connectivity index (χ4n) is 6.08. The number of ether oxygens (including phenoxy) is 1. The maximum Gasteiger partial charge on any atom is 0.280 e. The van der Waals surface area contributed by atoms with Crippen molar-refractivity contribution in [1.82, 2.24) is 14.9 Å². The summed E-state index contributed by atoms with van der Waals surface area (Å²) in [5, 5.41) is 10.5. The van der Waals surface area contributed by atoms with Crippen molar-refractivity contribution in [2.75, 3.05) is 55.6 Å². The summed E-state index contributed by atoms with van der Waals surface area (Å²) in [5.74, 6) is 0. The molecule has 0 amide bonds. The molecule has 0 aliphatic carbocycles. The van der Waals surface area contributed by atoms with Crippen LogP contribution in [-0.2, 0) is 4.74 Å². The molecule has 3 aliphatic heterocycles. The standard InChI is InChI=1S/C27H28F2N6O/c1-18-11-34(24-5-4-19(10-30)25-22(24)3-2-7-32-25)13-21(36-18)12-33-14-27(15-33)16-35(17-27)20-6-8-31-23(9-20)26(28)29/h2-9,18,21,26H,11-17H2,1H3. The molecule has 3 fully saturated rings. The van der Waals surface area contributed by atoms with Gasteiger partial charge in [-0.1, -0.05) is 0 Å². The summed E-state index contributed by atoms with van der Waals surface area (Å²) in [6.07, 6.45) is 0.825. The lowest BCUT2D eigenvalue weighted by Crippen LogP contribution is -2.73. The Labute approximate surface area is 208 Å². The van der Waals surface area contributed by atoms with E-state index in [1.807, 2.05) is 30.3 Å². The Balaban J connectivity index is 1.08. The predicted molar refractivity (Wildman–Crippen MR) is 133 cm³/mol. The minimum atomic E-state index is -2.55. The van der Waals surface area contributed by atoms with Gasteiger partial charge in [-0.05, 0) is 43.3 Å². The number of rotatable bonds is 5. The number of hydrogen-bond donors (Lipinski definition) is 0. The molecule has 2 atom stereocenters. The number of morpholine rings is 1. The molecule has 36 heavy (non-hydrogen) atoms. The second-order valence-corrected chi connectivity index (χ2v) is 10.4. The summed E-state index contributed by atoms with van der Waals surface area (Å²) in [6, 6.07) is 13.4. The number of nitrogens with zero attached hydrogens (tertiary/aromatic N) is 6. The Morgan fingerprint density at radius 3 is 2.69 bits per heavy atom. The van der Waals surface area contributed by atoms with Crippen molar-refractivity contribution in [2.45, 2.75) is 25.6 Å². The van der Waals surface area contributed by atoms with Crippen LogP contribution in [0.1, 0.15) is 24.6 Å². The van der Waals surface area contributed by atoms with Crippen molar-refractivity contribution < 1.29 is 13.5 Å². The molecule has 1 spiro atoms. The van der Waals surface area contributed by atoms with Gasteiger partial charge in [0.15, 0.2) is 0 Å². The molecule has 1 aromatic carbocycles. The highest BCUT2D eigenvalue weighted by Gasteiger charge is 2.52. The number of fused-ring (bicyclic) bond motifs is 1. The van der Waals surface area contributed by atoms with Gasteiger partial charge >= 0.3 is 0 Å². The first kappa shape index (κ1) is 23.1. The van der Waals surface area contributed by atoms with Crippen molar-refractivity contribution in [3.63, 3.8) is 0 Å². The first-order chi connectivity index (χ1) is 17.4. The minimum absolute atomic E-state index is 0.0819. The highest BCUT2D eigenvalue weighted by atomic mass is 19.3. The van der Waals surface area contributed by atoms with Crippen LogP contribution in [0.15, 0.2) is 48.8 Å². The lowest BCUT2D eigenvalue weighted by molar-refractivity contribution is -0.0809. The molecule has 3 saturated heterocycles. The van der Waals surface area contributed by atoms with Gasteiger partial charge in [-0.2, -0.15) is 5.26 Å². The van der Waals surface area contributed by atoms with Gasteiger partial charge in [0.05, 0.1) is 23.3 Å². The summed E-state index contributed by atoms with van der Waals surface area (Å²) in [7, 11) is 0. The van der Waals surface area contributed by atoms with Crippen LogP contribution in [-0.4, -0.2) is 72.9 Å². The Morgan fingerprint density at radius 1 is 1.08 bits per heavy atom. The van der Waals surface area contributed by atoms with E-state index >= 15 is 0 Å². The van der Waals surface area contributed by atoms with Gasteiger partial charge in [-0.3, -0.25) is 14.9 Å². The smallest absolute Gasteiger partial charge is 0.280 e. The lowest BCUT2D eigenvalue weighted by Gasteiger charge is -2.61. The zero-order chi connectivity index (χ0) is 24.9. The largest absolute Gasteiger partial charge is 0.370 e. The van der Waals surface area contributed by atoms with Crippen LogP contribution in [0.25, 0.3) is 10.9 Å². The number of hydrogen-bond acceptors (Lipinski definition) is 7. The van der Waals surface area contributed by atoms with E-state index in [2.05, 4.69) is 37.7 Å². The second kappa shape index (κ2) is 8.95. The highest BCUT2D eigenvalue weighted by molar-refractivity contribution is 5.95. The van der Waals surface area contributed by atoms with Gasteiger partial charge in [-0.25, -0.2) is 8.78 Å². The zero-order valence-electron chi connectivity index (χ0n) is 20.1. The van der Waals surface area contributed by atoms with Crippen LogP contribution in [0, 0.1) is 16.7 Å². The Kier molecular flexibility index (Phi) is 5.73. The normalized spacial score (nSPS) is 23.5. The zero-order valence-corrected chi connectivity index (χ0v) is 20.1. The molecular formula is C27H28F2N6O. The van der Waals surface area contributed by atoms with E-state index in [-0.39, 0.29) is 23.3 Å². The molecule has 0 N–H and O–H groups in total. The molecule has 0 bridgehead atoms. The molecule has 6 rings (SSSR count). The average molecular weight is 491 g/mol. The maximum atomic E-state index is 13.0. The molecule has 186 valence electrons. The molecule has 3 aliphatic rings. The van der Waals surface area contributed by atoms with Crippen molar-refractivity contribution >= 4 is 22.3 Å².